The van der Waals surface area contributed by atoms with Crippen LogP contribution in [0, 0.1) is 24.2 Å². The number of likely N-dealkylation sites (tertiary alicyclic amines) is 2. The molecule has 4 nitrogen and oxygen atoms in total. The lowest BCUT2D eigenvalue weighted by Crippen LogP contribution is -2.53. The van der Waals surface area contributed by atoms with Crippen molar-refractivity contribution in [2.75, 3.05) is 32.8 Å². The van der Waals surface area contributed by atoms with Crippen molar-refractivity contribution in [2.24, 2.45) is 17.3 Å². The minimum atomic E-state index is -0.118. The molecular weight excluding hydrogens is 300 g/mol. The van der Waals surface area contributed by atoms with Crippen LogP contribution in [-0.4, -0.2) is 53.6 Å². The quantitative estimate of drug-likeness (QED) is 0.920. The first kappa shape index (κ1) is 16.1. The molecule has 2 heterocycles. The summed E-state index contributed by atoms with van der Waals surface area (Å²) >= 11 is 0. The summed E-state index contributed by atoms with van der Waals surface area (Å²) in [6.07, 6.45) is 3.15. The van der Waals surface area contributed by atoms with Gasteiger partial charge < -0.3 is 10.0 Å². The number of amides is 1. The Morgan fingerprint density at radius 1 is 1.21 bits per heavy atom. The second-order valence-corrected chi connectivity index (χ2v) is 8.20. The van der Waals surface area contributed by atoms with Crippen LogP contribution in [0.1, 0.15) is 30.4 Å². The summed E-state index contributed by atoms with van der Waals surface area (Å²) in [4.78, 5) is 17.0. The van der Waals surface area contributed by atoms with E-state index in [1.807, 2.05) is 4.90 Å². The van der Waals surface area contributed by atoms with Crippen molar-refractivity contribution in [2.45, 2.75) is 32.7 Å². The van der Waals surface area contributed by atoms with E-state index in [1.165, 1.54) is 11.1 Å². The molecule has 130 valence electrons. The average Bonchev–Trinajstić information content (AvgIpc) is 3.37. The van der Waals surface area contributed by atoms with E-state index in [0.717, 1.165) is 52.0 Å². The monoisotopic (exact) mass is 328 g/mol. The van der Waals surface area contributed by atoms with Crippen LogP contribution in [0.25, 0.3) is 0 Å². The number of rotatable bonds is 4. The van der Waals surface area contributed by atoms with Crippen LogP contribution in [0.3, 0.4) is 0 Å². The molecule has 1 aliphatic carbocycles. The highest BCUT2D eigenvalue weighted by Crippen LogP contribution is 2.43. The number of carbonyl (C=O) groups excluding carboxylic acids is 1. The van der Waals surface area contributed by atoms with Crippen molar-refractivity contribution in [3.8, 4) is 0 Å². The molecule has 0 unspecified atom stereocenters. The minimum Gasteiger partial charge on any atom is -0.396 e. The zero-order valence-electron chi connectivity index (χ0n) is 14.6. The summed E-state index contributed by atoms with van der Waals surface area (Å²) in [6.45, 7) is 6.80. The van der Waals surface area contributed by atoms with Crippen molar-refractivity contribution in [3.63, 3.8) is 0 Å². The van der Waals surface area contributed by atoms with Gasteiger partial charge in [-0.3, -0.25) is 9.69 Å². The molecule has 0 aromatic heterocycles. The van der Waals surface area contributed by atoms with Crippen LogP contribution < -0.4 is 0 Å². The van der Waals surface area contributed by atoms with Gasteiger partial charge in [0, 0.05) is 44.1 Å². The van der Waals surface area contributed by atoms with Gasteiger partial charge in [-0.2, -0.15) is 0 Å². The fraction of sp³-hybridized carbons (Fsp3) is 0.650. The van der Waals surface area contributed by atoms with Gasteiger partial charge in [0.1, 0.15) is 0 Å². The summed E-state index contributed by atoms with van der Waals surface area (Å²) in [6, 6.07) is 8.73. The van der Waals surface area contributed by atoms with Crippen molar-refractivity contribution in [3.05, 3.63) is 35.4 Å². The van der Waals surface area contributed by atoms with Gasteiger partial charge in [-0.25, -0.2) is 0 Å². The number of fused-ring (bicyclic) bond motifs is 1. The van der Waals surface area contributed by atoms with Gasteiger partial charge >= 0.3 is 0 Å². The second-order valence-electron chi connectivity index (χ2n) is 8.20. The number of nitrogens with zero attached hydrogens (tertiary/aromatic N) is 2. The molecule has 24 heavy (non-hydrogen) atoms. The lowest BCUT2D eigenvalue weighted by atomic mass is 9.74. The number of aliphatic hydroxyl groups is 1. The van der Waals surface area contributed by atoms with Gasteiger partial charge in [0.15, 0.2) is 0 Å². The SMILES string of the molecule is Cc1ccc(CN2C[C@@H]3CCN(C(=O)C4CC4)C[C@]3(CO)C2)cc1. The van der Waals surface area contributed by atoms with Crippen LogP contribution in [-0.2, 0) is 11.3 Å². The molecule has 0 spiro atoms. The van der Waals surface area contributed by atoms with Gasteiger partial charge in [-0.1, -0.05) is 29.8 Å². The van der Waals surface area contributed by atoms with Gasteiger partial charge in [-0.05, 0) is 37.7 Å². The van der Waals surface area contributed by atoms with E-state index < -0.39 is 0 Å². The van der Waals surface area contributed by atoms with Gasteiger partial charge in [0.2, 0.25) is 5.91 Å². The average molecular weight is 328 g/mol. The maximum absolute atomic E-state index is 12.4. The highest BCUT2D eigenvalue weighted by Gasteiger charge is 2.51. The van der Waals surface area contributed by atoms with E-state index >= 15 is 0 Å². The molecule has 0 radical (unpaired) electrons. The number of hydrogen-bond acceptors (Lipinski definition) is 3. The van der Waals surface area contributed by atoms with E-state index in [1.54, 1.807) is 0 Å². The van der Waals surface area contributed by atoms with E-state index in [2.05, 4.69) is 36.1 Å². The molecule has 1 N–H and O–H groups in total. The lowest BCUT2D eigenvalue weighted by Gasteiger charge is -2.43. The zero-order valence-corrected chi connectivity index (χ0v) is 14.6. The Labute approximate surface area is 144 Å². The second kappa shape index (κ2) is 6.16. The van der Waals surface area contributed by atoms with Crippen molar-refractivity contribution < 1.29 is 9.90 Å². The number of piperidine rings is 1. The van der Waals surface area contributed by atoms with E-state index in [9.17, 15) is 9.90 Å². The fourth-order valence-corrected chi connectivity index (χ4v) is 4.57. The fourth-order valence-electron chi connectivity index (χ4n) is 4.57. The Morgan fingerprint density at radius 3 is 2.62 bits per heavy atom. The van der Waals surface area contributed by atoms with Crippen LogP contribution in [0.15, 0.2) is 24.3 Å². The molecule has 3 aliphatic rings. The Bertz CT molecular complexity index is 611. The normalized spacial score (nSPS) is 30.4. The molecule has 2 atom stereocenters. The molecule has 2 saturated heterocycles. The molecule has 3 fully saturated rings. The smallest absolute Gasteiger partial charge is 0.225 e. The minimum absolute atomic E-state index is 0.118. The maximum Gasteiger partial charge on any atom is 0.225 e. The zero-order chi connectivity index (χ0) is 16.7. The highest BCUT2D eigenvalue weighted by atomic mass is 16.3. The van der Waals surface area contributed by atoms with Crippen molar-refractivity contribution in [1.82, 2.24) is 9.80 Å². The van der Waals surface area contributed by atoms with Gasteiger partial charge in [0.05, 0.1) is 6.61 Å². The van der Waals surface area contributed by atoms with Crippen LogP contribution in [0.5, 0.6) is 0 Å². The Morgan fingerprint density at radius 2 is 1.96 bits per heavy atom. The van der Waals surface area contributed by atoms with Gasteiger partial charge in [-0.15, -0.1) is 0 Å². The molecule has 1 aromatic rings. The Kier molecular flexibility index (Phi) is 4.13. The van der Waals surface area contributed by atoms with Crippen LogP contribution >= 0.6 is 0 Å². The number of hydrogen-bond donors (Lipinski definition) is 1. The summed E-state index contributed by atoms with van der Waals surface area (Å²) < 4.78 is 0. The van der Waals surface area contributed by atoms with E-state index in [-0.39, 0.29) is 17.9 Å². The Hall–Kier alpha value is -1.39. The van der Waals surface area contributed by atoms with Crippen LogP contribution in [0.2, 0.25) is 0 Å². The van der Waals surface area contributed by atoms with E-state index in [0.29, 0.717) is 11.8 Å². The van der Waals surface area contributed by atoms with Gasteiger partial charge in [0.25, 0.3) is 0 Å². The van der Waals surface area contributed by atoms with Crippen molar-refractivity contribution >= 4 is 5.91 Å². The maximum atomic E-state index is 12.4. The molecule has 1 amide bonds. The molecule has 1 aromatic carbocycles. The number of benzene rings is 1. The van der Waals surface area contributed by atoms with Crippen molar-refractivity contribution in [1.29, 1.82) is 0 Å². The van der Waals surface area contributed by atoms with Crippen LogP contribution in [0.4, 0.5) is 0 Å². The number of carbonyl (C=O) groups is 1. The Balaban J connectivity index is 1.45. The van der Waals surface area contributed by atoms with E-state index in [4.69, 9.17) is 0 Å². The third kappa shape index (κ3) is 2.98. The largest absolute Gasteiger partial charge is 0.396 e. The molecular formula is C20H28N2O2. The topological polar surface area (TPSA) is 43.8 Å². The first-order valence-corrected chi connectivity index (χ1v) is 9.27. The first-order valence-electron chi connectivity index (χ1n) is 9.27. The number of aliphatic hydroxyl groups excluding tert-OH is 1. The summed E-state index contributed by atoms with van der Waals surface area (Å²) in [5.41, 5.74) is 2.50. The predicted octanol–water partition coefficient (Wildman–Crippen LogP) is 2.05. The third-order valence-electron chi connectivity index (χ3n) is 6.22. The summed E-state index contributed by atoms with van der Waals surface area (Å²) in [5.74, 6) is 1.12. The third-order valence-corrected chi connectivity index (χ3v) is 6.22. The molecule has 0 bridgehead atoms. The standard InChI is InChI=1S/C20H28N2O2/c1-15-2-4-16(5-3-15)10-21-11-18-8-9-22(19(24)17-6-7-17)13-20(18,12-21)14-23/h2-5,17-18,23H,6-14H2,1H3/t18-,20-/m0/s1. The summed E-state index contributed by atoms with van der Waals surface area (Å²) in [7, 11) is 0. The molecule has 4 rings (SSSR count). The molecule has 4 heteroatoms. The lowest BCUT2D eigenvalue weighted by molar-refractivity contribution is -0.137. The summed E-state index contributed by atoms with van der Waals surface area (Å²) in [5, 5.41) is 10.2. The number of aryl methyl sites for hydroxylation is 1. The molecule has 1 saturated carbocycles. The molecule has 2 aliphatic heterocycles. The highest BCUT2D eigenvalue weighted by molar-refractivity contribution is 5.81. The predicted molar refractivity (Wildman–Crippen MR) is 93.4 cm³/mol. The first-order chi connectivity index (χ1) is 11.6.